The summed E-state index contributed by atoms with van der Waals surface area (Å²) in [6.07, 6.45) is 0. The number of ether oxygens (including phenoxy) is 1. The summed E-state index contributed by atoms with van der Waals surface area (Å²) in [5.41, 5.74) is 2.14. The smallest absolute Gasteiger partial charge is 0.320 e. The second kappa shape index (κ2) is 9.41. The van der Waals surface area contributed by atoms with E-state index in [4.69, 9.17) is 4.74 Å². The van der Waals surface area contributed by atoms with E-state index >= 15 is 0 Å². The number of hydrogen-bond acceptors (Lipinski definition) is 4. The normalized spacial score (nSPS) is 19.7. The van der Waals surface area contributed by atoms with E-state index in [9.17, 15) is 4.79 Å². The third-order valence-electron chi connectivity index (χ3n) is 5.21. The van der Waals surface area contributed by atoms with Crippen LogP contribution >= 0.6 is 15.9 Å². The number of hydrogen-bond donors (Lipinski definition) is 0. The van der Waals surface area contributed by atoms with Crippen LogP contribution in [0, 0.1) is 0 Å². The topological polar surface area (TPSA) is 32.8 Å². The maximum absolute atomic E-state index is 12.3. The molecule has 156 valence electrons. The van der Waals surface area contributed by atoms with E-state index in [1.165, 1.54) is 11.1 Å². The summed E-state index contributed by atoms with van der Waals surface area (Å²) in [5.74, 6) is -0.148. The molecule has 5 heteroatoms. The number of nitrogens with zero attached hydrogens (tertiary/aromatic N) is 2. The molecule has 0 radical (unpaired) electrons. The Labute approximate surface area is 183 Å². The molecule has 2 atom stereocenters. The van der Waals surface area contributed by atoms with E-state index < -0.39 is 5.60 Å². The Morgan fingerprint density at radius 1 is 1.07 bits per heavy atom. The first-order valence-electron chi connectivity index (χ1n) is 10.2. The fourth-order valence-electron chi connectivity index (χ4n) is 3.93. The lowest BCUT2D eigenvalue weighted by Crippen LogP contribution is -2.54. The minimum Gasteiger partial charge on any atom is -0.459 e. The van der Waals surface area contributed by atoms with Gasteiger partial charge >= 0.3 is 5.97 Å². The third kappa shape index (κ3) is 6.14. The molecule has 0 unspecified atom stereocenters. The van der Waals surface area contributed by atoms with Crippen LogP contribution in [-0.4, -0.2) is 53.6 Å². The minimum absolute atomic E-state index is 0.148. The third-order valence-corrected chi connectivity index (χ3v) is 5.74. The van der Waals surface area contributed by atoms with E-state index in [2.05, 4.69) is 87.3 Å². The lowest BCUT2D eigenvalue weighted by molar-refractivity contribution is -0.157. The molecule has 0 saturated carbocycles. The lowest BCUT2D eigenvalue weighted by Gasteiger charge is -2.43. The Morgan fingerprint density at radius 3 is 2.28 bits per heavy atom. The average Bonchev–Trinajstić information content (AvgIpc) is 2.65. The van der Waals surface area contributed by atoms with Gasteiger partial charge in [0.1, 0.15) is 5.60 Å². The van der Waals surface area contributed by atoms with Crippen molar-refractivity contribution in [1.82, 2.24) is 9.80 Å². The number of esters is 1. The van der Waals surface area contributed by atoms with Crippen LogP contribution in [0.5, 0.6) is 0 Å². The monoisotopic (exact) mass is 458 g/mol. The van der Waals surface area contributed by atoms with Crippen LogP contribution in [0.3, 0.4) is 0 Å². The molecule has 3 rings (SSSR count). The van der Waals surface area contributed by atoms with Crippen molar-refractivity contribution in [1.29, 1.82) is 0 Å². The van der Waals surface area contributed by atoms with Crippen LogP contribution in [-0.2, 0) is 9.53 Å². The molecule has 2 aromatic rings. The number of carbonyl (C=O) groups excluding carboxylic acids is 1. The van der Waals surface area contributed by atoms with Crippen LogP contribution in [0.25, 0.3) is 0 Å². The maximum Gasteiger partial charge on any atom is 0.320 e. The number of carbonyl (C=O) groups is 1. The highest BCUT2D eigenvalue weighted by Gasteiger charge is 2.31. The van der Waals surface area contributed by atoms with Crippen molar-refractivity contribution in [3.8, 4) is 0 Å². The zero-order valence-corrected chi connectivity index (χ0v) is 19.4. The lowest BCUT2D eigenvalue weighted by atomic mass is 9.95. The molecule has 1 aliphatic rings. The molecular formula is C24H31BrN2O2. The molecule has 0 spiro atoms. The number of piperazine rings is 1. The standard InChI is InChI=1S/C24H31BrN2O2/c1-18-16-27(15-14-26(18)17-22(28)29-24(2,3)4)23(19-8-6-5-7-9-19)20-10-12-21(25)13-11-20/h5-13,18,23H,14-17H2,1-4H3/t18-,23+/m0/s1. The van der Waals surface area contributed by atoms with E-state index in [1.54, 1.807) is 0 Å². The van der Waals surface area contributed by atoms with Crippen molar-refractivity contribution in [3.63, 3.8) is 0 Å². The van der Waals surface area contributed by atoms with E-state index in [0.29, 0.717) is 6.54 Å². The zero-order valence-electron chi connectivity index (χ0n) is 17.8. The Bertz CT molecular complexity index is 802. The van der Waals surface area contributed by atoms with Crippen molar-refractivity contribution in [2.45, 2.75) is 45.4 Å². The quantitative estimate of drug-likeness (QED) is 0.597. The van der Waals surface area contributed by atoms with Gasteiger partial charge < -0.3 is 4.74 Å². The highest BCUT2D eigenvalue weighted by Crippen LogP contribution is 2.31. The summed E-state index contributed by atoms with van der Waals surface area (Å²) in [6, 6.07) is 19.7. The number of rotatable bonds is 5. The van der Waals surface area contributed by atoms with Gasteiger partial charge in [-0.25, -0.2) is 0 Å². The molecule has 0 amide bonds. The second-order valence-electron chi connectivity index (χ2n) is 8.77. The Balaban J connectivity index is 1.74. The summed E-state index contributed by atoms with van der Waals surface area (Å²) >= 11 is 3.54. The van der Waals surface area contributed by atoms with Crippen molar-refractivity contribution >= 4 is 21.9 Å². The molecule has 0 N–H and O–H groups in total. The molecule has 1 saturated heterocycles. The van der Waals surface area contributed by atoms with Gasteiger partial charge in [-0.15, -0.1) is 0 Å². The molecule has 2 aromatic carbocycles. The molecule has 1 heterocycles. The van der Waals surface area contributed by atoms with Gasteiger partial charge in [0, 0.05) is 30.1 Å². The summed E-state index contributed by atoms with van der Waals surface area (Å²) in [4.78, 5) is 17.0. The predicted molar refractivity (Wildman–Crippen MR) is 121 cm³/mol. The van der Waals surface area contributed by atoms with Crippen LogP contribution in [0.15, 0.2) is 59.1 Å². The van der Waals surface area contributed by atoms with E-state index in [-0.39, 0.29) is 18.1 Å². The average molecular weight is 459 g/mol. The highest BCUT2D eigenvalue weighted by molar-refractivity contribution is 9.10. The summed E-state index contributed by atoms with van der Waals surface area (Å²) in [6.45, 7) is 10.9. The summed E-state index contributed by atoms with van der Waals surface area (Å²) < 4.78 is 6.60. The maximum atomic E-state index is 12.3. The SMILES string of the molecule is C[C@H]1CN([C@H](c2ccccc2)c2ccc(Br)cc2)CCN1CC(=O)OC(C)(C)C. The van der Waals surface area contributed by atoms with E-state index in [0.717, 1.165) is 24.1 Å². The van der Waals surface area contributed by atoms with Gasteiger partial charge in [0.2, 0.25) is 0 Å². The zero-order chi connectivity index (χ0) is 21.0. The van der Waals surface area contributed by atoms with Gasteiger partial charge in [0.25, 0.3) is 0 Å². The molecule has 0 bridgehead atoms. The van der Waals surface area contributed by atoms with Crippen molar-refractivity contribution in [2.24, 2.45) is 0 Å². The Morgan fingerprint density at radius 2 is 1.69 bits per heavy atom. The largest absolute Gasteiger partial charge is 0.459 e. The molecule has 1 aliphatic heterocycles. The van der Waals surface area contributed by atoms with Crippen LogP contribution in [0.1, 0.15) is 44.9 Å². The van der Waals surface area contributed by atoms with Crippen LogP contribution < -0.4 is 0 Å². The second-order valence-corrected chi connectivity index (χ2v) is 9.68. The predicted octanol–water partition coefficient (Wildman–Crippen LogP) is 4.89. The molecule has 4 nitrogen and oxygen atoms in total. The molecule has 29 heavy (non-hydrogen) atoms. The molecule has 1 fully saturated rings. The summed E-state index contributed by atoms with van der Waals surface area (Å²) in [5, 5.41) is 0. The number of benzene rings is 2. The van der Waals surface area contributed by atoms with Gasteiger partial charge in [0.15, 0.2) is 0 Å². The van der Waals surface area contributed by atoms with Crippen LogP contribution in [0.2, 0.25) is 0 Å². The van der Waals surface area contributed by atoms with Gasteiger partial charge in [-0.1, -0.05) is 58.4 Å². The molecular weight excluding hydrogens is 428 g/mol. The number of halogens is 1. The molecule has 0 aromatic heterocycles. The van der Waals surface area contributed by atoms with Gasteiger partial charge in [-0.05, 0) is 51.0 Å². The van der Waals surface area contributed by atoms with Crippen molar-refractivity contribution in [3.05, 3.63) is 70.2 Å². The highest BCUT2D eigenvalue weighted by atomic mass is 79.9. The van der Waals surface area contributed by atoms with Gasteiger partial charge in [-0.3, -0.25) is 14.6 Å². The summed E-state index contributed by atoms with van der Waals surface area (Å²) in [7, 11) is 0. The van der Waals surface area contributed by atoms with Crippen LogP contribution in [0.4, 0.5) is 0 Å². The Hall–Kier alpha value is -1.69. The first-order chi connectivity index (χ1) is 13.7. The first-order valence-corrected chi connectivity index (χ1v) is 11.0. The fraction of sp³-hybridized carbons (Fsp3) is 0.458. The first kappa shape index (κ1) is 22.0. The minimum atomic E-state index is -0.442. The fourth-order valence-corrected chi connectivity index (χ4v) is 4.19. The van der Waals surface area contributed by atoms with Crippen molar-refractivity contribution < 1.29 is 9.53 Å². The molecule has 0 aliphatic carbocycles. The van der Waals surface area contributed by atoms with Crippen molar-refractivity contribution in [2.75, 3.05) is 26.2 Å². The van der Waals surface area contributed by atoms with Gasteiger partial charge in [-0.2, -0.15) is 0 Å². The van der Waals surface area contributed by atoms with Gasteiger partial charge in [0.05, 0.1) is 12.6 Å². The Kier molecular flexibility index (Phi) is 7.14. The van der Waals surface area contributed by atoms with E-state index in [1.807, 2.05) is 20.8 Å².